The number of hydrogen-bond acceptors (Lipinski definition) is 2. The Hall–Kier alpha value is -0.420. The molecular formula is C11H14INO. The van der Waals surface area contributed by atoms with Gasteiger partial charge in [-0.05, 0) is 25.5 Å². The van der Waals surface area contributed by atoms with Crippen LogP contribution in [0.4, 0.5) is 0 Å². The first-order valence-electron chi connectivity index (χ1n) is 4.64. The van der Waals surface area contributed by atoms with E-state index in [1.165, 1.54) is 5.56 Å². The second kappa shape index (κ2) is 6.14. The lowest BCUT2D eigenvalue weighted by atomic mass is 10.1. The summed E-state index contributed by atoms with van der Waals surface area (Å²) < 4.78 is 0.182. The molecule has 0 radical (unpaired) electrons. The molecule has 1 atom stereocenters. The minimum absolute atomic E-state index is 0.0178. The quantitative estimate of drug-likeness (QED) is 0.667. The van der Waals surface area contributed by atoms with Crippen LogP contribution >= 0.6 is 22.6 Å². The van der Waals surface area contributed by atoms with Crippen LogP contribution in [0.3, 0.4) is 0 Å². The number of nitrogens with one attached hydrogen (secondary N) is 1. The number of rotatable bonds is 5. The lowest BCUT2D eigenvalue weighted by molar-refractivity contribution is -0.111. The first-order chi connectivity index (χ1) is 6.74. The van der Waals surface area contributed by atoms with Gasteiger partial charge in [-0.2, -0.15) is 0 Å². The average Bonchev–Trinajstić information content (AvgIpc) is 2.20. The summed E-state index contributed by atoms with van der Waals surface area (Å²) in [6.07, 6.45) is 1.81. The van der Waals surface area contributed by atoms with Gasteiger partial charge in [0.1, 0.15) is 0 Å². The summed E-state index contributed by atoms with van der Waals surface area (Å²) in [5.41, 5.74) is 1.28. The maximum Gasteiger partial charge on any atom is 0.209 e. The number of carbonyl (C=O) groups excluding carboxylic acids is 1. The minimum Gasteiger partial charge on any atom is -0.310 e. The van der Waals surface area contributed by atoms with Gasteiger partial charge >= 0.3 is 0 Å². The van der Waals surface area contributed by atoms with E-state index in [1.807, 2.05) is 47.8 Å². The van der Waals surface area contributed by atoms with Crippen LogP contribution in [-0.4, -0.2) is 16.9 Å². The van der Waals surface area contributed by atoms with Crippen LogP contribution in [0.1, 0.15) is 12.0 Å². The molecule has 14 heavy (non-hydrogen) atoms. The maximum atomic E-state index is 11.1. The Kier molecular flexibility index (Phi) is 5.11. The predicted octanol–water partition coefficient (Wildman–Crippen LogP) is 2.17. The molecule has 1 N–H and O–H groups in total. The Morgan fingerprint density at radius 3 is 2.57 bits per heavy atom. The van der Waals surface area contributed by atoms with Gasteiger partial charge in [-0.15, -0.1) is 0 Å². The average molecular weight is 303 g/mol. The van der Waals surface area contributed by atoms with E-state index in [-0.39, 0.29) is 9.83 Å². The number of carbonyl (C=O) groups is 1. The highest BCUT2D eigenvalue weighted by Crippen LogP contribution is 2.07. The van der Waals surface area contributed by atoms with E-state index < -0.39 is 0 Å². The molecule has 0 aliphatic rings. The molecule has 3 heteroatoms. The standard InChI is InChI=1S/C11H14INO/c1-13-10(11(12)14)8-7-9-5-3-2-4-6-9/h2-6,10,13H,7-8H2,1H3/t10-/m1/s1. The molecule has 0 saturated carbocycles. The van der Waals surface area contributed by atoms with E-state index in [0.29, 0.717) is 0 Å². The zero-order chi connectivity index (χ0) is 10.4. The van der Waals surface area contributed by atoms with Gasteiger partial charge in [-0.1, -0.05) is 30.3 Å². The molecule has 0 aliphatic carbocycles. The molecule has 0 aromatic heterocycles. The second-order valence-electron chi connectivity index (χ2n) is 3.17. The molecule has 1 rings (SSSR count). The van der Waals surface area contributed by atoms with Crippen molar-refractivity contribution in [2.45, 2.75) is 18.9 Å². The Morgan fingerprint density at radius 2 is 2.07 bits per heavy atom. The van der Waals surface area contributed by atoms with Crippen molar-refractivity contribution in [3.8, 4) is 0 Å². The molecule has 2 nitrogen and oxygen atoms in total. The Labute approximate surface area is 98.2 Å². The van der Waals surface area contributed by atoms with Crippen molar-refractivity contribution in [1.82, 2.24) is 5.32 Å². The molecule has 0 unspecified atom stereocenters. The third kappa shape index (κ3) is 3.75. The third-order valence-electron chi connectivity index (χ3n) is 2.19. The Morgan fingerprint density at radius 1 is 1.43 bits per heavy atom. The summed E-state index contributed by atoms with van der Waals surface area (Å²) in [4.78, 5) is 11.1. The van der Waals surface area contributed by atoms with Crippen LogP contribution in [0.15, 0.2) is 30.3 Å². The largest absolute Gasteiger partial charge is 0.310 e. The van der Waals surface area contributed by atoms with Gasteiger partial charge in [-0.3, -0.25) is 4.79 Å². The number of hydrogen-bond donors (Lipinski definition) is 1. The summed E-state index contributed by atoms with van der Waals surface area (Å²) in [6, 6.07) is 10.2. The monoisotopic (exact) mass is 303 g/mol. The van der Waals surface area contributed by atoms with E-state index in [2.05, 4.69) is 17.4 Å². The van der Waals surface area contributed by atoms with Crippen LogP contribution < -0.4 is 5.32 Å². The van der Waals surface area contributed by atoms with Crippen LogP contribution in [0.2, 0.25) is 0 Å². The highest BCUT2D eigenvalue weighted by Gasteiger charge is 2.12. The van der Waals surface area contributed by atoms with Crippen LogP contribution in [0, 0.1) is 0 Å². The molecule has 76 valence electrons. The second-order valence-corrected chi connectivity index (χ2v) is 4.23. The van der Waals surface area contributed by atoms with Gasteiger partial charge in [0.15, 0.2) is 0 Å². The number of benzene rings is 1. The highest BCUT2D eigenvalue weighted by molar-refractivity contribution is 14.1. The van der Waals surface area contributed by atoms with Crippen molar-refractivity contribution in [3.05, 3.63) is 35.9 Å². The summed E-state index contributed by atoms with van der Waals surface area (Å²) in [5, 5.41) is 3.01. The summed E-state index contributed by atoms with van der Waals surface area (Å²) >= 11 is 1.85. The van der Waals surface area contributed by atoms with Gasteiger partial charge in [0.05, 0.1) is 6.04 Å². The highest BCUT2D eigenvalue weighted by atomic mass is 127. The predicted molar refractivity (Wildman–Crippen MR) is 66.6 cm³/mol. The maximum absolute atomic E-state index is 11.1. The Bertz CT molecular complexity index is 287. The lowest BCUT2D eigenvalue weighted by Crippen LogP contribution is -2.31. The summed E-state index contributed by atoms with van der Waals surface area (Å²) in [6.45, 7) is 0. The topological polar surface area (TPSA) is 29.1 Å². The first kappa shape index (κ1) is 11.7. The molecule has 1 aromatic carbocycles. The summed E-state index contributed by atoms with van der Waals surface area (Å²) in [7, 11) is 1.83. The van der Waals surface area contributed by atoms with Crippen LogP contribution in [0.25, 0.3) is 0 Å². The van der Waals surface area contributed by atoms with Gasteiger partial charge in [0.2, 0.25) is 3.79 Å². The van der Waals surface area contributed by atoms with Crippen molar-refractivity contribution in [2.75, 3.05) is 7.05 Å². The normalized spacial score (nSPS) is 12.4. The Balaban J connectivity index is 2.44. The number of aryl methyl sites for hydroxylation is 1. The van der Waals surface area contributed by atoms with Gasteiger partial charge in [0, 0.05) is 22.6 Å². The molecule has 0 fully saturated rings. The molecule has 0 saturated heterocycles. The van der Waals surface area contributed by atoms with Gasteiger partial charge < -0.3 is 5.32 Å². The van der Waals surface area contributed by atoms with E-state index in [4.69, 9.17) is 0 Å². The lowest BCUT2D eigenvalue weighted by Gasteiger charge is -2.10. The van der Waals surface area contributed by atoms with E-state index in [9.17, 15) is 4.79 Å². The van der Waals surface area contributed by atoms with Gasteiger partial charge in [-0.25, -0.2) is 0 Å². The number of halogens is 1. The molecule has 0 aliphatic heterocycles. The molecule has 0 spiro atoms. The zero-order valence-electron chi connectivity index (χ0n) is 8.16. The van der Waals surface area contributed by atoms with Crippen LogP contribution in [0.5, 0.6) is 0 Å². The SMILES string of the molecule is CN[C@H](CCc1ccccc1)C(=O)I. The molecule has 1 aromatic rings. The molecule has 0 heterocycles. The van der Waals surface area contributed by atoms with Crippen molar-refractivity contribution in [3.63, 3.8) is 0 Å². The fourth-order valence-electron chi connectivity index (χ4n) is 1.33. The van der Waals surface area contributed by atoms with E-state index in [0.717, 1.165) is 12.8 Å². The smallest absolute Gasteiger partial charge is 0.209 e. The number of likely N-dealkylation sites (N-methyl/N-ethyl adjacent to an activating group) is 1. The molecular weight excluding hydrogens is 289 g/mol. The van der Waals surface area contributed by atoms with Crippen molar-refractivity contribution in [2.24, 2.45) is 0 Å². The molecule has 0 bridgehead atoms. The van der Waals surface area contributed by atoms with Gasteiger partial charge in [0.25, 0.3) is 0 Å². The fraction of sp³-hybridized carbons (Fsp3) is 0.364. The minimum atomic E-state index is -0.0178. The first-order valence-corrected chi connectivity index (χ1v) is 5.72. The fourth-order valence-corrected chi connectivity index (χ4v) is 1.95. The van der Waals surface area contributed by atoms with Crippen molar-refractivity contribution >= 4 is 26.4 Å². The molecule has 0 amide bonds. The third-order valence-corrected chi connectivity index (χ3v) is 2.94. The zero-order valence-corrected chi connectivity index (χ0v) is 10.3. The van der Waals surface area contributed by atoms with Crippen LogP contribution in [-0.2, 0) is 11.2 Å². The van der Waals surface area contributed by atoms with E-state index in [1.54, 1.807) is 0 Å². The van der Waals surface area contributed by atoms with Crippen molar-refractivity contribution in [1.29, 1.82) is 0 Å². The van der Waals surface area contributed by atoms with E-state index >= 15 is 0 Å². The van der Waals surface area contributed by atoms with Crippen molar-refractivity contribution < 1.29 is 4.79 Å². The summed E-state index contributed by atoms with van der Waals surface area (Å²) in [5.74, 6) is 0.